The number of methoxy groups -OCH3 is 1. The molecule has 0 fully saturated rings. The fourth-order valence-electron chi connectivity index (χ4n) is 3.56. The molecular weight excluding hydrogens is 342 g/mol. The molecule has 1 aromatic rings. The number of nitrogens with zero attached hydrogens (tertiary/aromatic N) is 1. The lowest BCUT2D eigenvalue weighted by Crippen LogP contribution is -2.48. The lowest BCUT2D eigenvalue weighted by molar-refractivity contribution is -0.166. The zero-order valence-corrected chi connectivity index (χ0v) is 17.3. The first-order valence-electron chi connectivity index (χ1n) is 9.57. The molecule has 0 saturated heterocycles. The van der Waals surface area contributed by atoms with Crippen LogP contribution in [0.3, 0.4) is 0 Å². The largest absolute Gasteiger partial charge is 0.497 e. The molecule has 1 aromatic carbocycles. The number of benzene rings is 1. The zero-order chi connectivity index (χ0) is 20.2. The third kappa shape index (κ3) is 5.56. The summed E-state index contributed by atoms with van der Waals surface area (Å²) in [5.41, 5.74) is 0.547. The van der Waals surface area contributed by atoms with Gasteiger partial charge in [-0.25, -0.2) is 0 Å². The molecule has 0 unspecified atom stereocenters. The van der Waals surface area contributed by atoms with E-state index in [9.17, 15) is 9.90 Å². The van der Waals surface area contributed by atoms with Crippen LogP contribution in [-0.2, 0) is 9.53 Å². The number of rotatable bonds is 5. The molecule has 0 aliphatic heterocycles. The summed E-state index contributed by atoms with van der Waals surface area (Å²) in [7, 11) is 3.66. The molecule has 1 aliphatic carbocycles. The van der Waals surface area contributed by atoms with Gasteiger partial charge in [0.15, 0.2) is 0 Å². The van der Waals surface area contributed by atoms with Crippen LogP contribution in [0.25, 0.3) is 0 Å². The van der Waals surface area contributed by atoms with Gasteiger partial charge in [0.2, 0.25) is 0 Å². The van der Waals surface area contributed by atoms with Crippen LogP contribution in [0.4, 0.5) is 0 Å². The summed E-state index contributed by atoms with van der Waals surface area (Å²) in [6.07, 6.45) is 4.43. The highest BCUT2D eigenvalue weighted by molar-refractivity contribution is 5.75. The summed E-state index contributed by atoms with van der Waals surface area (Å²) in [5, 5.41) is 10.6. The smallest absolute Gasteiger partial charge is 0.314 e. The molecule has 5 heteroatoms. The zero-order valence-electron chi connectivity index (χ0n) is 17.3. The maximum atomic E-state index is 12.9. The normalized spacial score (nSPS) is 24.4. The highest BCUT2D eigenvalue weighted by atomic mass is 16.6. The first-order valence-corrected chi connectivity index (χ1v) is 9.57. The quantitative estimate of drug-likeness (QED) is 0.628. The number of aliphatic hydroxyl groups is 1. The Kier molecular flexibility index (Phi) is 7.06. The van der Waals surface area contributed by atoms with Crippen LogP contribution >= 0.6 is 0 Å². The van der Waals surface area contributed by atoms with Crippen LogP contribution < -0.4 is 4.74 Å². The Morgan fingerprint density at radius 1 is 1.26 bits per heavy atom. The van der Waals surface area contributed by atoms with E-state index < -0.39 is 17.6 Å². The molecule has 0 heterocycles. The van der Waals surface area contributed by atoms with Gasteiger partial charge in [-0.3, -0.25) is 9.69 Å². The second-order valence-electron chi connectivity index (χ2n) is 8.24. The Balaban J connectivity index is 2.25. The van der Waals surface area contributed by atoms with Crippen molar-refractivity contribution in [2.75, 3.05) is 14.2 Å². The van der Waals surface area contributed by atoms with Crippen molar-refractivity contribution < 1.29 is 19.4 Å². The van der Waals surface area contributed by atoms with Crippen molar-refractivity contribution in [3.8, 4) is 5.75 Å². The predicted molar refractivity (Wildman–Crippen MR) is 107 cm³/mol. The Labute approximate surface area is 163 Å². The van der Waals surface area contributed by atoms with E-state index >= 15 is 0 Å². The number of aliphatic hydroxyl groups excluding tert-OH is 1. The van der Waals surface area contributed by atoms with E-state index in [1.165, 1.54) is 0 Å². The summed E-state index contributed by atoms with van der Waals surface area (Å²) in [6.45, 7) is 7.66. The molecule has 0 bridgehead atoms. The minimum Gasteiger partial charge on any atom is -0.497 e. The van der Waals surface area contributed by atoms with Crippen LogP contribution in [0.5, 0.6) is 5.75 Å². The number of ether oxygens (including phenoxy) is 2. The highest BCUT2D eigenvalue weighted by Crippen LogP contribution is 2.32. The number of carbonyl (C=O) groups is 1. The molecule has 27 heavy (non-hydrogen) atoms. The van der Waals surface area contributed by atoms with E-state index in [2.05, 4.69) is 11.8 Å². The third-order valence-corrected chi connectivity index (χ3v) is 5.16. The number of carbonyl (C=O) groups excluding carboxylic acids is 1. The minimum absolute atomic E-state index is 0.0798. The molecule has 1 N–H and O–H groups in total. The molecule has 5 nitrogen and oxygen atoms in total. The summed E-state index contributed by atoms with van der Waals surface area (Å²) >= 11 is 0. The van der Waals surface area contributed by atoms with Gasteiger partial charge in [-0.1, -0.05) is 24.3 Å². The van der Waals surface area contributed by atoms with Gasteiger partial charge < -0.3 is 14.6 Å². The molecule has 2 rings (SSSR count). The fourth-order valence-corrected chi connectivity index (χ4v) is 3.56. The topological polar surface area (TPSA) is 59.0 Å². The third-order valence-electron chi connectivity index (χ3n) is 5.16. The Hall–Kier alpha value is -1.85. The maximum absolute atomic E-state index is 12.9. The molecule has 150 valence electrons. The van der Waals surface area contributed by atoms with E-state index in [1.807, 2.05) is 58.2 Å². The van der Waals surface area contributed by atoms with Crippen molar-refractivity contribution in [3.63, 3.8) is 0 Å². The lowest BCUT2D eigenvalue weighted by Gasteiger charge is -2.38. The molecular formula is C22H33NO4. The van der Waals surface area contributed by atoms with E-state index in [0.29, 0.717) is 0 Å². The van der Waals surface area contributed by atoms with Crippen molar-refractivity contribution in [2.24, 2.45) is 5.92 Å². The van der Waals surface area contributed by atoms with E-state index in [-0.39, 0.29) is 18.1 Å². The van der Waals surface area contributed by atoms with Gasteiger partial charge >= 0.3 is 5.97 Å². The number of allylic oxidation sites excluding steroid dienone is 1. The van der Waals surface area contributed by atoms with Gasteiger partial charge in [-0.05, 0) is 65.3 Å². The van der Waals surface area contributed by atoms with Crippen LogP contribution in [0.1, 0.15) is 52.1 Å². The molecule has 4 atom stereocenters. The number of hydrogen-bond acceptors (Lipinski definition) is 5. The SMILES string of the molecule is COc1ccc([C@@H](C)N(C)[C@@H]2CCC=C[C@H](O)[C@H]2C(=O)OC(C)(C)C)cc1. The summed E-state index contributed by atoms with van der Waals surface area (Å²) in [6, 6.07) is 7.91. The molecule has 0 saturated carbocycles. The van der Waals surface area contributed by atoms with Crippen LogP contribution in [0.15, 0.2) is 36.4 Å². The van der Waals surface area contributed by atoms with Gasteiger partial charge in [-0.15, -0.1) is 0 Å². The maximum Gasteiger partial charge on any atom is 0.314 e. The average Bonchev–Trinajstić information content (AvgIpc) is 2.80. The van der Waals surface area contributed by atoms with Crippen molar-refractivity contribution in [2.45, 2.75) is 64.3 Å². The van der Waals surface area contributed by atoms with Gasteiger partial charge in [0.05, 0.1) is 13.2 Å². The first kappa shape index (κ1) is 21.5. The van der Waals surface area contributed by atoms with Crippen molar-refractivity contribution in [3.05, 3.63) is 42.0 Å². The molecule has 0 spiro atoms. The van der Waals surface area contributed by atoms with Gasteiger partial charge in [-0.2, -0.15) is 0 Å². The molecule has 0 radical (unpaired) electrons. The monoisotopic (exact) mass is 375 g/mol. The van der Waals surface area contributed by atoms with E-state index in [4.69, 9.17) is 9.47 Å². The van der Waals surface area contributed by atoms with Crippen LogP contribution in [0, 0.1) is 5.92 Å². The van der Waals surface area contributed by atoms with E-state index in [0.717, 1.165) is 24.2 Å². The highest BCUT2D eigenvalue weighted by Gasteiger charge is 2.40. The standard InChI is InChI=1S/C22H33NO4/c1-15(16-11-13-17(26-6)14-12-16)23(5)18-9-7-8-10-19(24)20(18)21(25)27-22(2,3)4/h8,10-15,18-20,24H,7,9H2,1-6H3/t15-,18-,19+,20+/m1/s1. The van der Waals surface area contributed by atoms with E-state index in [1.54, 1.807) is 13.2 Å². The Bertz CT molecular complexity index is 647. The van der Waals surface area contributed by atoms with Gasteiger partial charge in [0.1, 0.15) is 17.3 Å². The number of hydrogen-bond donors (Lipinski definition) is 1. The Morgan fingerprint density at radius 2 is 1.89 bits per heavy atom. The average molecular weight is 376 g/mol. The van der Waals surface area contributed by atoms with Crippen molar-refractivity contribution in [1.82, 2.24) is 4.90 Å². The van der Waals surface area contributed by atoms with Gasteiger partial charge in [0.25, 0.3) is 0 Å². The summed E-state index contributed by atoms with van der Waals surface area (Å²) < 4.78 is 10.9. The molecule has 0 amide bonds. The van der Waals surface area contributed by atoms with Crippen molar-refractivity contribution in [1.29, 1.82) is 0 Å². The first-order chi connectivity index (χ1) is 12.6. The molecule has 1 aliphatic rings. The summed E-state index contributed by atoms with van der Waals surface area (Å²) in [5.74, 6) is -0.150. The lowest BCUT2D eigenvalue weighted by atomic mass is 9.89. The van der Waals surface area contributed by atoms with Crippen molar-refractivity contribution >= 4 is 5.97 Å². The van der Waals surface area contributed by atoms with Gasteiger partial charge in [0, 0.05) is 12.1 Å². The Morgan fingerprint density at radius 3 is 2.44 bits per heavy atom. The van der Waals surface area contributed by atoms with Crippen LogP contribution in [-0.4, -0.2) is 47.9 Å². The summed E-state index contributed by atoms with van der Waals surface area (Å²) in [4.78, 5) is 15.0. The molecule has 0 aromatic heterocycles. The second-order valence-corrected chi connectivity index (χ2v) is 8.24. The minimum atomic E-state index is -0.849. The fraction of sp³-hybridized carbons (Fsp3) is 0.591. The second kappa shape index (κ2) is 8.89. The van der Waals surface area contributed by atoms with Crippen LogP contribution in [0.2, 0.25) is 0 Å². The predicted octanol–water partition coefficient (Wildman–Crippen LogP) is 3.73. The number of esters is 1.